The van der Waals surface area contributed by atoms with Crippen molar-refractivity contribution in [2.45, 2.75) is 38.5 Å². The summed E-state index contributed by atoms with van der Waals surface area (Å²) in [6, 6.07) is 0.217. The van der Waals surface area contributed by atoms with Gasteiger partial charge in [-0.2, -0.15) is 16.9 Å². The topological polar surface area (TPSA) is 55.9 Å². The van der Waals surface area contributed by atoms with Crippen molar-refractivity contribution in [3.8, 4) is 0 Å². The third-order valence-corrected chi connectivity index (χ3v) is 4.32. The summed E-state index contributed by atoms with van der Waals surface area (Å²) in [5, 5.41) is 5.66. The van der Waals surface area contributed by atoms with Gasteiger partial charge in [-0.25, -0.2) is 0 Å². The van der Waals surface area contributed by atoms with Crippen LogP contribution >= 0.6 is 23.4 Å². The highest BCUT2D eigenvalue weighted by atomic mass is 35.5. The number of halogens is 1. The van der Waals surface area contributed by atoms with E-state index < -0.39 is 0 Å². The van der Waals surface area contributed by atoms with Crippen LogP contribution in [0.1, 0.15) is 25.2 Å². The molecule has 1 atom stereocenters. The van der Waals surface area contributed by atoms with Crippen LogP contribution in [0.5, 0.6) is 0 Å². The summed E-state index contributed by atoms with van der Waals surface area (Å²) in [6.45, 7) is 6.28. The number of nitrogens with two attached hydrogens (primary N) is 1. The second kappa shape index (κ2) is 6.64. The van der Waals surface area contributed by atoms with Crippen LogP contribution in [0.3, 0.4) is 0 Å². The molecule has 0 aliphatic heterocycles. The second-order valence-electron chi connectivity index (χ2n) is 4.42. The van der Waals surface area contributed by atoms with E-state index in [9.17, 15) is 0 Å². The number of aromatic nitrogens is 2. The minimum atomic E-state index is 0.217. The quantitative estimate of drug-likeness (QED) is 0.616. The first kappa shape index (κ1) is 14.8. The van der Waals surface area contributed by atoms with E-state index in [2.05, 4.69) is 24.4 Å². The molecule has 1 unspecified atom stereocenters. The molecule has 1 heterocycles. The second-order valence-corrected chi connectivity index (χ2v) is 6.41. The average Bonchev–Trinajstić information content (AvgIpc) is 2.49. The number of nitrogens with one attached hydrogen (secondary N) is 1. The number of hydrogen-bond donors (Lipinski definition) is 2. The summed E-state index contributed by atoms with van der Waals surface area (Å²) in [6.07, 6.45) is 0.798. The zero-order chi connectivity index (χ0) is 13.0. The van der Waals surface area contributed by atoms with Crippen LogP contribution in [0, 0.1) is 6.92 Å². The summed E-state index contributed by atoms with van der Waals surface area (Å²) in [5.74, 6) is 6.54. The maximum Gasteiger partial charge on any atom is 0.0847 e. The Hall–Kier alpha value is -0.230. The van der Waals surface area contributed by atoms with E-state index in [1.807, 2.05) is 30.4 Å². The zero-order valence-corrected chi connectivity index (χ0v) is 12.4. The number of aryl methyl sites for hydroxylation is 2. The molecule has 0 saturated heterocycles. The molecule has 6 heteroatoms. The molecule has 4 nitrogen and oxygen atoms in total. The summed E-state index contributed by atoms with van der Waals surface area (Å²) in [4.78, 5) is 0. The maximum atomic E-state index is 6.22. The molecule has 0 spiro atoms. The fourth-order valence-electron chi connectivity index (χ4n) is 1.61. The Bertz CT molecular complexity index is 365. The molecular weight excluding hydrogens is 256 g/mol. The standard InChI is InChI=1S/C11H21ClN4S/c1-7(2)17-6-9(14-13)5-10-11(12)8(3)15-16(10)4/h7,9,14H,5-6,13H2,1-4H3. The van der Waals surface area contributed by atoms with Crippen LogP contribution in [0.2, 0.25) is 5.02 Å². The minimum absolute atomic E-state index is 0.217. The van der Waals surface area contributed by atoms with Gasteiger partial charge in [-0.3, -0.25) is 16.0 Å². The van der Waals surface area contributed by atoms with E-state index >= 15 is 0 Å². The molecule has 0 aromatic carbocycles. The van der Waals surface area contributed by atoms with Crippen molar-refractivity contribution in [3.63, 3.8) is 0 Å². The van der Waals surface area contributed by atoms with Crippen molar-refractivity contribution in [2.24, 2.45) is 12.9 Å². The lowest BCUT2D eigenvalue weighted by atomic mass is 10.2. The van der Waals surface area contributed by atoms with Gasteiger partial charge in [-0.1, -0.05) is 25.4 Å². The highest BCUT2D eigenvalue weighted by molar-refractivity contribution is 7.99. The molecule has 1 aromatic rings. The lowest BCUT2D eigenvalue weighted by Gasteiger charge is -2.17. The fraction of sp³-hybridized carbons (Fsp3) is 0.727. The zero-order valence-electron chi connectivity index (χ0n) is 10.8. The molecule has 0 saturated carbocycles. The SMILES string of the molecule is Cc1nn(C)c(CC(CSC(C)C)NN)c1Cl. The van der Waals surface area contributed by atoms with Crippen LogP contribution in [-0.2, 0) is 13.5 Å². The van der Waals surface area contributed by atoms with Crippen molar-refractivity contribution in [3.05, 3.63) is 16.4 Å². The van der Waals surface area contributed by atoms with Crippen LogP contribution in [0.25, 0.3) is 0 Å². The Morgan fingerprint density at radius 3 is 2.59 bits per heavy atom. The monoisotopic (exact) mass is 276 g/mol. The van der Waals surface area contributed by atoms with Gasteiger partial charge >= 0.3 is 0 Å². The Morgan fingerprint density at radius 2 is 2.18 bits per heavy atom. The largest absolute Gasteiger partial charge is 0.271 e. The van der Waals surface area contributed by atoms with E-state index in [4.69, 9.17) is 17.4 Å². The van der Waals surface area contributed by atoms with Gasteiger partial charge < -0.3 is 0 Å². The summed E-state index contributed by atoms with van der Waals surface area (Å²) < 4.78 is 1.84. The van der Waals surface area contributed by atoms with Gasteiger partial charge in [0, 0.05) is 25.3 Å². The van der Waals surface area contributed by atoms with Crippen molar-refractivity contribution in [1.29, 1.82) is 0 Å². The number of hydrogen-bond acceptors (Lipinski definition) is 4. The lowest BCUT2D eigenvalue weighted by Crippen LogP contribution is -2.39. The third kappa shape index (κ3) is 4.17. The van der Waals surface area contributed by atoms with Gasteiger partial charge in [0.25, 0.3) is 0 Å². The van der Waals surface area contributed by atoms with Gasteiger partial charge in [0.05, 0.1) is 16.4 Å². The Labute approximate surface area is 112 Å². The minimum Gasteiger partial charge on any atom is -0.271 e. The molecule has 0 radical (unpaired) electrons. The Kier molecular flexibility index (Phi) is 5.79. The molecule has 3 N–H and O–H groups in total. The van der Waals surface area contributed by atoms with Crippen molar-refractivity contribution in [1.82, 2.24) is 15.2 Å². The first-order valence-electron chi connectivity index (χ1n) is 5.71. The first-order valence-corrected chi connectivity index (χ1v) is 7.14. The van der Waals surface area contributed by atoms with Crippen LogP contribution in [-0.4, -0.2) is 26.8 Å². The van der Waals surface area contributed by atoms with Crippen LogP contribution < -0.4 is 11.3 Å². The molecule has 1 rings (SSSR count). The highest BCUT2D eigenvalue weighted by Crippen LogP contribution is 2.22. The Balaban J connectivity index is 2.67. The molecule has 17 heavy (non-hydrogen) atoms. The molecule has 98 valence electrons. The Morgan fingerprint density at radius 1 is 1.53 bits per heavy atom. The molecule has 0 aliphatic carbocycles. The normalized spacial score (nSPS) is 13.4. The highest BCUT2D eigenvalue weighted by Gasteiger charge is 2.16. The number of hydrazine groups is 1. The summed E-state index contributed by atoms with van der Waals surface area (Å²) >= 11 is 8.11. The van der Waals surface area contributed by atoms with E-state index in [1.165, 1.54) is 0 Å². The van der Waals surface area contributed by atoms with E-state index in [0.29, 0.717) is 5.25 Å². The number of nitrogens with zero attached hydrogens (tertiary/aromatic N) is 2. The molecule has 0 aliphatic rings. The molecule has 0 amide bonds. The van der Waals surface area contributed by atoms with Gasteiger partial charge in [0.15, 0.2) is 0 Å². The van der Waals surface area contributed by atoms with Gasteiger partial charge in [-0.15, -0.1) is 0 Å². The lowest BCUT2D eigenvalue weighted by molar-refractivity contribution is 0.550. The third-order valence-electron chi connectivity index (χ3n) is 2.57. The van der Waals surface area contributed by atoms with Crippen LogP contribution in [0.15, 0.2) is 0 Å². The van der Waals surface area contributed by atoms with Crippen molar-refractivity contribution >= 4 is 23.4 Å². The van der Waals surface area contributed by atoms with E-state index in [-0.39, 0.29) is 6.04 Å². The molecular formula is C11H21ClN4S. The molecule has 0 bridgehead atoms. The van der Waals surface area contributed by atoms with Crippen LogP contribution in [0.4, 0.5) is 0 Å². The molecule has 0 fully saturated rings. The smallest absolute Gasteiger partial charge is 0.0847 e. The molecule has 1 aromatic heterocycles. The summed E-state index contributed by atoms with van der Waals surface area (Å²) in [5.41, 5.74) is 4.76. The first-order chi connectivity index (χ1) is 7.95. The average molecular weight is 277 g/mol. The van der Waals surface area contributed by atoms with Gasteiger partial charge in [0.1, 0.15) is 0 Å². The van der Waals surface area contributed by atoms with Crippen molar-refractivity contribution < 1.29 is 0 Å². The predicted molar refractivity (Wildman–Crippen MR) is 75.4 cm³/mol. The summed E-state index contributed by atoms with van der Waals surface area (Å²) in [7, 11) is 1.91. The predicted octanol–water partition coefficient (Wildman–Crippen LogP) is 1.90. The van der Waals surface area contributed by atoms with E-state index in [1.54, 1.807) is 0 Å². The maximum absolute atomic E-state index is 6.22. The van der Waals surface area contributed by atoms with E-state index in [0.717, 1.165) is 28.6 Å². The van der Waals surface area contributed by atoms with Crippen molar-refractivity contribution in [2.75, 3.05) is 5.75 Å². The fourth-order valence-corrected chi connectivity index (χ4v) is 2.68. The van der Waals surface area contributed by atoms with Gasteiger partial charge in [0.2, 0.25) is 0 Å². The van der Waals surface area contributed by atoms with Gasteiger partial charge in [-0.05, 0) is 12.2 Å². The number of thioether (sulfide) groups is 1. The number of rotatable bonds is 6.